The highest BCUT2D eigenvalue weighted by molar-refractivity contribution is 5.76. The number of benzene rings is 1. The molecule has 1 heterocycles. The van der Waals surface area contributed by atoms with Gasteiger partial charge in [-0.05, 0) is 38.0 Å². The molecule has 0 radical (unpaired) electrons. The van der Waals surface area contributed by atoms with Gasteiger partial charge in [-0.1, -0.05) is 17.3 Å². The van der Waals surface area contributed by atoms with Crippen LogP contribution in [0, 0.1) is 13.8 Å². The molecule has 0 bridgehead atoms. The molecule has 0 fully saturated rings. The molecule has 1 aromatic heterocycles. The molecule has 106 valence electrons. The molecule has 2 aromatic rings. The number of anilines is 1. The van der Waals surface area contributed by atoms with E-state index < -0.39 is 0 Å². The number of aromatic nitrogens is 1. The topological polar surface area (TPSA) is 81.2 Å². The van der Waals surface area contributed by atoms with E-state index in [1.807, 2.05) is 38.1 Å². The van der Waals surface area contributed by atoms with Crippen molar-refractivity contribution in [1.29, 1.82) is 0 Å². The number of nitrogens with two attached hydrogens (primary N) is 1. The van der Waals surface area contributed by atoms with Crippen molar-refractivity contribution in [3.05, 3.63) is 46.8 Å². The molecule has 0 aliphatic rings. The normalized spacial score (nSPS) is 10.5. The van der Waals surface area contributed by atoms with Gasteiger partial charge in [0.25, 0.3) is 0 Å². The van der Waals surface area contributed by atoms with Crippen LogP contribution in [0.3, 0.4) is 0 Å². The molecule has 5 nitrogen and oxygen atoms in total. The summed E-state index contributed by atoms with van der Waals surface area (Å²) in [5.41, 5.74) is 9.23. The summed E-state index contributed by atoms with van der Waals surface area (Å²) >= 11 is 0. The van der Waals surface area contributed by atoms with E-state index in [4.69, 9.17) is 10.3 Å². The van der Waals surface area contributed by atoms with Gasteiger partial charge < -0.3 is 15.6 Å². The molecule has 0 unspecified atom stereocenters. The van der Waals surface area contributed by atoms with E-state index in [1.165, 1.54) is 0 Å². The summed E-state index contributed by atoms with van der Waals surface area (Å²) in [7, 11) is 0. The minimum Gasteiger partial charge on any atom is -0.399 e. The molecule has 0 aliphatic carbocycles. The second-order valence-corrected chi connectivity index (χ2v) is 4.82. The van der Waals surface area contributed by atoms with Gasteiger partial charge in [0.2, 0.25) is 5.91 Å². The van der Waals surface area contributed by atoms with Crippen molar-refractivity contribution in [1.82, 2.24) is 10.5 Å². The standard InChI is InChI=1S/C15H19N3O2/c1-10-14(11(2)20-18-10)9-17-15(19)8-5-12-3-6-13(16)7-4-12/h3-4,6-7H,5,8-9,16H2,1-2H3,(H,17,19). The van der Waals surface area contributed by atoms with Crippen LogP contribution in [0.5, 0.6) is 0 Å². The lowest BCUT2D eigenvalue weighted by Crippen LogP contribution is -2.23. The van der Waals surface area contributed by atoms with Crippen molar-refractivity contribution < 1.29 is 9.32 Å². The Morgan fingerprint density at radius 1 is 1.30 bits per heavy atom. The van der Waals surface area contributed by atoms with Gasteiger partial charge in [-0.15, -0.1) is 0 Å². The molecule has 1 aromatic carbocycles. The Hall–Kier alpha value is -2.30. The first-order valence-electron chi connectivity index (χ1n) is 6.59. The number of carbonyl (C=O) groups excluding carboxylic acids is 1. The summed E-state index contributed by atoms with van der Waals surface area (Å²) in [5, 5.41) is 6.74. The zero-order valence-corrected chi connectivity index (χ0v) is 11.8. The van der Waals surface area contributed by atoms with E-state index in [0.717, 1.165) is 28.3 Å². The van der Waals surface area contributed by atoms with Gasteiger partial charge in [0.05, 0.1) is 5.69 Å². The Kier molecular flexibility index (Phi) is 4.40. The SMILES string of the molecule is Cc1noc(C)c1CNC(=O)CCc1ccc(N)cc1. The van der Waals surface area contributed by atoms with Crippen LogP contribution in [0.15, 0.2) is 28.8 Å². The second kappa shape index (κ2) is 6.23. The van der Waals surface area contributed by atoms with E-state index >= 15 is 0 Å². The fourth-order valence-corrected chi connectivity index (χ4v) is 1.97. The van der Waals surface area contributed by atoms with Crippen LogP contribution in [-0.4, -0.2) is 11.1 Å². The average molecular weight is 273 g/mol. The van der Waals surface area contributed by atoms with Crippen LogP contribution in [0.4, 0.5) is 5.69 Å². The van der Waals surface area contributed by atoms with E-state index in [2.05, 4.69) is 10.5 Å². The summed E-state index contributed by atoms with van der Waals surface area (Å²) in [5.74, 6) is 0.767. The van der Waals surface area contributed by atoms with Gasteiger partial charge in [-0.25, -0.2) is 0 Å². The van der Waals surface area contributed by atoms with E-state index in [-0.39, 0.29) is 5.91 Å². The first kappa shape index (κ1) is 14.1. The van der Waals surface area contributed by atoms with Gasteiger partial charge in [0.1, 0.15) is 5.76 Å². The fourth-order valence-electron chi connectivity index (χ4n) is 1.97. The highest BCUT2D eigenvalue weighted by atomic mass is 16.5. The number of nitrogens with one attached hydrogen (secondary N) is 1. The van der Waals surface area contributed by atoms with E-state index in [0.29, 0.717) is 19.4 Å². The number of nitrogens with zero attached hydrogens (tertiary/aromatic N) is 1. The third-order valence-corrected chi connectivity index (χ3v) is 3.26. The molecule has 0 spiro atoms. The number of amides is 1. The Morgan fingerprint density at radius 3 is 2.60 bits per heavy atom. The molecule has 0 aliphatic heterocycles. The summed E-state index contributed by atoms with van der Waals surface area (Å²) in [6.07, 6.45) is 1.15. The Balaban J connectivity index is 1.80. The van der Waals surface area contributed by atoms with Gasteiger partial charge >= 0.3 is 0 Å². The lowest BCUT2D eigenvalue weighted by molar-refractivity contribution is -0.121. The van der Waals surface area contributed by atoms with Crippen LogP contribution < -0.4 is 11.1 Å². The van der Waals surface area contributed by atoms with Crippen LogP contribution in [-0.2, 0) is 17.8 Å². The first-order valence-corrected chi connectivity index (χ1v) is 6.59. The van der Waals surface area contributed by atoms with Gasteiger partial charge in [0.15, 0.2) is 0 Å². The fraction of sp³-hybridized carbons (Fsp3) is 0.333. The van der Waals surface area contributed by atoms with Crippen molar-refractivity contribution in [3.63, 3.8) is 0 Å². The van der Waals surface area contributed by atoms with Crippen LogP contribution in [0.25, 0.3) is 0 Å². The highest BCUT2D eigenvalue weighted by Gasteiger charge is 2.10. The Morgan fingerprint density at radius 2 is 2.00 bits per heavy atom. The molecule has 0 atom stereocenters. The van der Waals surface area contributed by atoms with Crippen molar-refractivity contribution in [2.24, 2.45) is 0 Å². The zero-order chi connectivity index (χ0) is 14.5. The lowest BCUT2D eigenvalue weighted by Gasteiger charge is -2.05. The number of hydrogen-bond donors (Lipinski definition) is 2. The molecule has 0 saturated heterocycles. The molecule has 20 heavy (non-hydrogen) atoms. The van der Waals surface area contributed by atoms with Gasteiger partial charge in [0, 0.05) is 24.2 Å². The minimum atomic E-state index is 0.0156. The predicted octanol–water partition coefficient (Wildman–Crippen LogP) is 2.12. The number of nitrogen functional groups attached to an aromatic ring is 1. The molecular weight excluding hydrogens is 254 g/mol. The molecule has 3 N–H and O–H groups in total. The van der Waals surface area contributed by atoms with Gasteiger partial charge in [-0.2, -0.15) is 0 Å². The van der Waals surface area contributed by atoms with E-state index in [9.17, 15) is 4.79 Å². The van der Waals surface area contributed by atoms with E-state index in [1.54, 1.807) is 0 Å². The largest absolute Gasteiger partial charge is 0.399 e. The third kappa shape index (κ3) is 3.60. The smallest absolute Gasteiger partial charge is 0.220 e. The number of hydrogen-bond acceptors (Lipinski definition) is 4. The summed E-state index contributed by atoms with van der Waals surface area (Å²) in [4.78, 5) is 11.8. The average Bonchev–Trinajstić information content (AvgIpc) is 2.75. The number of rotatable bonds is 5. The maximum atomic E-state index is 11.8. The molecule has 5 heteroatoms. The van der Waals surface area contributed by atoms with Crippen molar-refractivity contribution in [2.45, 2.75) is 33.2 Å². The lowest BCUT2D eigenvalue weighted by atomic mass is 10.1. The van der Waals surface area contributed by atoms with Crippen molar-refractivity contribution >= 4 is 11.6 Å². The quantitative estimate of drug-likeness (QED) is 0.818. The third-order valence-electron chi connectivity index (χ3n) is 3.26. The Bertz CT molecular complexity index is 568. The Labute approximate surface area is 118 Å². The minimum absolute atomic E-state index is 0.0156. The number of carbonyl (C=O) groups is 1. The molecule has 1 amide bonds. The maximum Gasteiger partial charge on any atom is 0.220 e. The summed E-state index contributed by atoms with van der Waals surface area (Å²) in [6.45, 7) is 4.17. The second-order valence-electron chi connectivity index (χ2n) is 4.82. The molecular formula is C15H19N3O2. The monoisotopic (exact) mass is 273 g/mol. The summed E-state index contributed by atoms with van der Waals surface area (Å²) in [6, 6.07) is 7.57. The number of aryl methyl sites for hydroxylation is 3. The molecule has 0 saturated carbocycles. The molecule has 2 rings (SSSR count). The zero-order valence-electron chi connectivity index (χ0n) is 11.8. The first-order chi connectivity index (χ1) is 9.56. The van der Waals surface area contributed by atoms with Crippen LogP contribution in [0.1, 0.15) is 29.0 Å². The van der Waals surface area contributed by atoms with Gasteiger partial charge in [-0.3, -0.25) is 4.79 Å². The van der Waals surface area contributed by atoms with Crippen LogP contribution in [0.2, 0.25) is 0 Å². The van der Waals surface area contributed by atoms with Crippen molar-refractivity contribution in [2.75, 3.05) is 5.73 Å². The van der Waals surface area contributed by atoms with Crippen molar-refractivity contribution in [3.8, 4) is 0 Å². The highest BCUT2D eigenvalue weighted by Crippen LogP contribution is 2.12. The summed E-state index contributed by atoms with van der Waals surface area (Å²) < 4.78 is 5.05. The maximum absolute atomic E-state index is 11.8. The van der Waals surface area contributed by atoms with Crippen LogP contribution >= 0.6 is 0 Å². The predicted molar refractivity (Wildman–Crippen MR) is 77.0 cm³/mol.